The second-order valence-corrected chi connectivity index (χ2v) is 8.18. The van der Waals surface area contributed by atoms with Crippen LogP contribution in [0.3, 0.4) is 0 Å². The van der Waals surface area contributed by atoms with Gasteiger partial charge in [-0.05, 0) is 37.7 Å². The van der Waals surface area contributed by atoms with E-state index in [2.05, 4.69) is 32.2 Å². The molecule has 1 N–H and O–H groups in total. The molecule has 7 heteroatoms. The summed E-state index contributed by atoms with van der Waals surface area (Å²) in [5.41, 5.74) is 1.23. The molecule has 27 heavy (non-hydrogen) atoms. The maximum absolute atomic E-state index is 12.2. The number of nitrogens with one attached hydrogen (secondary N) is 1. The largest absolute Gasteiger partial charge is 0.376 e. The number of nitrogens with zero attached hydrogens (tertiary/aromatic N) is 3. The van der Waals surface area contributed by atoms with Gasteiger partial charge in [0, 0.05) is 19.1 Å². The first kappa shape index (κ1) is 18.5. The average Bonchev–Trinajstić information content (AvgIpc) is 3.25. The summed E-state index contributed by atoms with van der Waals surface area (Å²) in [5.74, 6) is 2.00. The van der Waals surface area contributed by atoms with Gasteiger partial charge in [0.25, 0.3) is 0 Å². The van der Waals surface area contributed by atoms with Crippen LogP contribution in [0.5, 0.6) is 0 Å². The summed E-state index contributed by atoms with van der Waals surface area (Å²) < 4.78 is 7.98. The lowest BCUT2D eigenvalue weighted by Crippen LogP contribution is -2.27. The lowest BCUT2D eigenvalue weighted by molar-refractivity contribution is -0.118. The Morgan fingerprint density at radius 3 is 2.81 bits per heavy atom. The number of thioether (sulfide) groups is 1. The van der Waals surface area contributed by atoms with Crippen LogP contribution in [0.15, 0.2) is 35.5 Å². The molecule has 2 fully saturated rings. The first-order chi connectivity index (χ1) is 13.3. The highest BCUT2D eigenvalue weighted by Crippen LogP contribution is 2.40. The molecule has 0 radical (unpaired) electrons. The van der Waals surface area contributed by atoms with Gasteiger partial charge >= 0.3 is 0 Å². The predicted octanol–water partition coefficient (Wildman–Crippen LogP) is 2.79. The molecule has 1 aromatic heterocycles. The van der Waals surface area contributed by atoms with Crippen molar-refractivity contribution in [2.75, 3.05) is 18.9 Å². The topological polar surface area (TPSA) is 69.0 Å². The number of benzene rings is 1. The molecule has 0 spiro atoms. The van der Waals surface area contributed by atoms with Crippen molar-refractivity contribution in [1.82, 2.24) is 20.1 Å². The molecule has 2 heterocycles. The summed E-state index contributed by atoms with van der Waals surface area (Å²) in [7, 11) is 0. The van der Waals surface area contributed by atoms with E-state index in [0.717, 1.165) is 43.4 Å². The number of hydrogen-bond donors (Lipinski definition) is 1. The minimum Gasteiger partial charge on any atom is -0.376 e. The van der Waals surface area contributed by atoms with Gasteiger partial charge in [0.2, 0.25) is 5.91 Å². The Hall–Kier alpha value is -1.86. The molecular weight excluding hydrogens is 360 g/mol. The predicted molar refractivity (Wildman–Crippen MR) is 105 cm³/mol. The summed E-state index contributed by atoms with van der Waals surface area (Å²) >= 11 is 1.47. The van der Waals surface area contributed by atoms with Crippen LogP contribution >= 0.6 is 11.8 Å². The van der Waals surface area contributed by atoms with Gasteiger partial charge in [0.05, 0.1) is 18.4 Å². The summed E-state index contributed by atoms with van der Waals surface area (Å²) in [4.78, 5) is 12.2. The van der Waals surface area contributed by atoms with Crippen molar-refractivity contribution in [2.24, 2.45) is 0 Å². The van der Waals surface area contributed by atoms with Crippen LogP contribution in [0, 0.1) is 0 Å². The van der Waals surface area contributed by atoms with Crippen molar-refractivity contribution in [1.29, 1.82) is 0 Å². The van der Waals surface area contributed by atoms with Gasteiger partial charge in [0.15, 0.2) is 5.16 Å². The first-order valence-corrected chi connectivity index (χ1v) is 10.8. The van der Waals surface area contributed by atoms with Crippen LogP contribution in [-0.4, -0.2) is 45.7 Å². The van der Waals surface area contributed by atoms with Crippen molar-refractivity contribution in [2.45, 2.75) is 55.8 Å². The SMILES string of the molecule is O=C(CSc1nnc(C2CC2)n1CC1CCCO1)NCCc1ccccc1. The lowest BCUT2D eigenvalue weighted by atomic mass is 10.1. The van der Waals surface area contributed by atoms with Crippen LogP contribution in [0.1, 0.15) is 43.0 Å². The minimum absolute atomic E-state index is 0.0376. The maximum Gasteiger partial charge on any atom is 0.230 e. The average molecular weight is 387 g/mol. The monoisotopic (exact) mass is 386 g/mol. The van der Waals surface area contributed by atoms with E-state index in [4.69, 9.17) is 4.74 Å². The Kier molecular flexibility index (Phi) is 6.09. The maximum atomic E-state index is 12.2. The molecule has 1 aromatic carbocycles. The molecule has 1 atom stereocenters. The molecule has 1 aliphatic heterocycles. The van der Waals surface area contributed by atoms with E-state index in [1.165, 1.54) is 30.2 Å². The molecule has 2 aromatic rings. The molecule has 1 unspecified atom stereocenters. The zero-order chi connectivity index (χ0) is 18.5. The van der Waals surface area contributed by atoms with E-state index in [1.54, 1.807) is 0 Å². The molecule has 0 bridgehead atoms. The molecule has 1 amide bonds. The Morgan fingerprint density at radius 1 is 1.22 bits per heavy atom. The minimum atomic E-state index is 0.0376. The Labute approximate surface area is 164 Å². The number of aromatic nitrogens is 3. The van der Waals surface area contributed by atoms with E-state index >= 15 is 0 Å². The zero-order valence-electron chi connectivity index (χ0n) is 15.5. The first-order valence-electron chi connectivity index (χ1n) is 9.77. The zero-order valence-corrected chi connectivity index (χ0v) is 16.3. The summed E-state index contributed by atoms with van der Waals surface area (Å²) in [6.07, 6.45) is 5.68. The molecule has 1 saturated heterocycles. The van der Waals surface area contributed by atoms with Crippen LogP contribution in [-0.2, 0) is 22.5 Å². The Bertz CT molecular complexity index is 755. The normalized spacial score (nSPS) is 19.3. The van der Waals surface area contributed by atoms with Gasteiger partial charge in [0.1, 0.15) is 5.82 Å². The Morgan fingerprint density at radius 2 is 2.07 bits per heavy atom. The molecule has 6 nitrogen and oxygen atoms in total. The fourth-order valence-electron chi connectivity index (χ4n) is 3.39. The molecule has 2 aliphatic rings. The summed E-state index contributed by atoms with van der Waals surface area (Å²) in [6, 6.07) is 10.2. The number of carbonyl (C=O) groups excluding carboxylic acids is 1. The van der Waals surface area contributed by atoms with E-state index in [0.29, 0.717) is 18.2 Å². The molecule has 1 aliphatic carbocycles. The number of ether oxygens (including phenoxy) is 1. The molecule has 144 valence electrons. The quantitative estimate of drug-likeness (QED) is 0.671. The number of amides is 1. The van der Waals surface area contributed by atoms with Gasteiger partial charge in [-0.2, -0.15) is 0 Å². The van der Waals surface area contributed by atoms with Gasteiger partial charge in [-0.25, -0.2) is 0 Å². The van der Waals surface area contributed by atoms with Crippen LogP contribution in [0.2, 0.25) is 0 Å². The third-order valence-corrected chi connectivity index (χ3v) is 5.98. The van der Waals surface area contributed by atoms with Crippen LogP contribution < -0.4 is 5.32 Å². The van der Waals surface area contributed by atoms with E-state index in [1.807, 2.05) is 18.2 Å². The second kappa shape index (κ2) is 8.89. The number of carbonyl (C=O) groups is 1. The standard InChI is InChI=1S/C20H26N4O2S/c25-18(21-11-10-15-5-2-1-3-6-15)14-27-20-23-22-19(16-8-9-16)24(20)13-17-7-4-12-26-17/h1-3,5-6,16-17H,4,7-14H2,(H,21,25). The number of hydrogen-bond acceptors (Lipinski definition) is 5. The van der Waals surface area contributed by atoms with Gasteiger partial charge in [-0.15, -0.1) is 10.2 Å². The summed E-state index contributed by atoms with van der Waals surface area (Å²) in [6.45, 7) is 2.30. The fraction of sp³-hybridized carbons (Fsp3) is 0.550. The van der Waals surface area contributed by atoms with Gasteiger partial charge < -0.3 is 14.6 Å². The molecular formula is C20H26N4O2S. The van der Waals surface area contributed by atoms with Crippen molar-refractivity contribution in [3.8, 4) is 0 Å². The van der Waals surface area contributed by atoms with Crippen molar-refractivity contribution >= 4 is 17.7 Å². The van der Waals surface area contributed by atoms with Crippen molar-refractivity contribution in [3.05, 3.63) is 41.7 Å². The lowest BCUT2D eigenvalue weighted by Gasteiger charge is -2.14. The van der Waals surface area contributed by atoms with Crippen molar-refractivity contribution < 1.29 is 9.53 Å². The number of rotatable bonds is 9. The van der Waals surface area contributed by atoms with Gasteiger partial charge in [-0.1, -0.05) is 42.1 Å². The smallest absolute Gasteiger partial charge is 0.230 e. The summed E-state index contributed by atoms with van der Waals surface area (Å²) in [5, 5.41) is 12.6. The van der Waals surface area contributed by atoms with Crippen LogP contribution in [0.25, 0.3) is 0 Å². The highest BCUT2D eigenvalue weighted by Gasteiger charge is 2.31. The van der Waals surface area contributed by atoms with E-state index < -0.39 is 0 Å². The van der Waals surface area contributed by atoms with Crippen LogP contribution in [0.4, 0.5) is 0 Å². The van der Waals surface area contributed by atoms with Gasteiger partial charge in [-0.3, -0.25) is 4.79 Å². The third-order valence-electron chi connectivity index (χ3n) is 5.01. The molecule has 4 rings (SSSR count). The van der Waals surface area contributed by atoms with E-state index in [-0.39, 0.29) is 12.0 Å². The second-order valence-electron chi connectivity index (χ2n) is 7.23. The molecule has 1 saturated carbocycles. The Balaban J connectivity index is 1.28. The highest BCUT2D eigenvalue weighted by atomic mass is 32.2. The van der Waals surface area contributed by atoms with Crippen molar-refractivity contribution in [3.63, 3.8) is 0 Å². The fourth-order valence-corrected chi connectivity index (χ4v) is 4.17. The van der Waals surface area contributed by atoms with E-state index in [9.17, 15) is 4.79 Å². The highest BCUT2D eigenvalue weighted by molar-refractivity contribution is 7.99. The third kappa shape index (κ3) is 5.11.